The third-order valence-corrected chi connectivity index (χ3v) is 5.66. The number of hydrogen-bond acceptors (Lipinski definition) is 5. The fourth-order valence-electron chi connectivity index (χ4n) is 3.55. The van der Waals surface area contributed by atoms with Crippen LogP contribution in [0.15, 0.2) is 35.7 Å². The Kier molecular flexibility index (Phi) is 5.99. The van der Waals surface area contributed by atoms with Crippen molar-refractivity contribution in [2.45, 2.75) is 32.0 Å². The molecule has 3 heterocycles. The Morgan fingerprint density at radius 3 is 3.21 bits per heavy atom. The Morgan fingerprint density at radius 1 is 1.43 bits per heavy atom. The second-order valence-electron chi connectivity index (χ2n) is 7.06. The van der Waals surface area contributed by atoms with Gasteiger partial charge in [0.2, 0.25) is 5.91 Å². The minimum absolute atomic E-state index is 0.0210. The first-order valence-electron chi connectivity index (χ1n) is 9.42. The average Bonchev–Trinajstić information content (AvgIpc) is 3.31. The lowest BCUT2D eigenvalue weighted by atomic mass is 10.1. The van der Waals surface area contributed by atoms with E-state index in [2.05, 4.69) is 37.7 Å². The highest BCUT2D eigenvalue weighted by atomic mass is 32.1. The summed E-state index contributed by atoms with van der Waals surface area (Å²) in [4.78, 5) is 23.3. The summed E-state index contributed by atoms with van der Waals surface area (Å²) in [6.07, 6.45) is 2.06. The van der Waals surface area contributed by atoms with Gasteiger partial charge in [-0.1, -0.05) is 6.07 Å². The predicted molar refractivity (Wildman–Crippen MR) is 106 cm³/mol. The zero-order valence-electron chi connectivity index (χ0n) is 15.5. The molecule has 0 spiro atoms. The van der Waals surface area contributed by atoms with Crippen molar-refractivity contribution >= 4 is 28.3 Å². The summed E-state index contributed by atoms with van der Waals surface area (Å²) >= 11 is 1.76. The first-order valence-corrected chi connectivity index (χ1v) is 10.3. The van der Waals surface area contributed by atoms with Crippen LogP contribution in [-0.2, 0) is 22.7 Å². The van der Waals surface area contributed by atoms with Gasteiger partial charge in [-0.25, -0.2) is 9.37 Å². The number of hydrogen-bond donors (Lipinski definition) is 2. The summed E-state index contributed by atoms with van der Waals surface area (Å²) in [5, 5.41) is 5.16. The number of likely N-dealkylation sites (tertiary alicyclic amines) is 1. The minimum Gasteiger partial charge on any atom is -0.364 e. The Bertz CT molecular complexity index is 928. The maximum Gasteiger partial charge on any atom is 0.246 e. The molecule has 6 nitrogen and oxygen atoms in total. The van der Waals surface area contributed by atoms with Gasteiger partial charge in [0.05, 0.1) is 11.0 Å². The highest BCUT2D eigenvalue weighted by Crippen LogP contribution is 2.17. The Hall–Kier alpha value is -2.29. The zero-order chi connectivity index (χ0) is 19.3. The molecule has 0 aliphatic carbocycles. The minimum atomic E-state index is -0.316. The Labute approximate surface area is 166 Å². The standard InChI is InChI=1S/C20H23FN4O2S/c21-14-5-6-17-18(9-14)24-19(23-17)12-27-13-20(26)22-15-3-1-7-25(10-15)11-16-4-2-8-28-16/h2,4-6,8-9,15H,1,3,7,10-13H2,(H,22,26)(H,23,24). The van der Waals surface area contributed by atoms with E-state index in [9.17, 15) is 9.18 Å². The first kappa shape index (κ1) is 19.0. The van der Waals surface area contributed by atoms with Gasteiger partial charge < -0.3 is 15.0 Å². The van der Waals surface area contributed by atoms with Crippen molar-refractivity contribution in [1.29, 1.82) is 0 Å². The molecule has 3 aromatic rings. The molecule has 8 heteroatoms. The molecule has 1 aliphatic rings. The van der Waals surface area contributed by atoms with Gasteiger partial charge in [0.25, 0.3) is 0 Å². The normalized spacial score (nSPS) is 17.8. The number of carbonyl (C=O) groups excluding carboxylic acids is 1. The topological polar surface area (TPSA) is 70.2 Å². The lowest BCUT2D eigenvalue weighted by molar-refractivity contribution is -0.127. The summed E-state index contributed by atoms with van der Waals surface area (Å²) in [6.45, 7) is 3.02. The summed E-state index contributed by atoms with van der Waals surface area (Å²) in [5.41, 5.74) is 1.30. The monoisotopic (exact) mass is 402 g/mol. The second-order valence-corrected chi connectivity index (χ2v) is 8.09. The molecule has 1 aromatic carbocycles. The molecule has 1 fully saturated rings. The fraction of sp³-hybridized carbons (Fsp3) is 0.400. The number of thiophene rings is 1. The summed E-state index contributed by atoms with van der Waals surface area (Å²) in [5.74, 6) is 0.141. The van der Waals surface area contributed by atoms with Crippen molar-refractivity contribution in [3.63, 3.8) is 0 Å². The van der Waals surface area contributed by atoms with Gasteiger partial charge >= 0.3 is 0 Å². The molecule has 0 saturated carbocycles. The van der Waals surface area contributed by atoms with Crippen LogP contribution < -0.4 is 5.32 Å². The molecule has 1 unspecified atom stereocenters. The van der Waals surface area contributed by atoms with Crippen LogP contribution >= 0.6 is 11.3 Å². The summed E-state index contributed by atoms with van der Waals surface area (Å²) < 4.78 is 18.7. The zero-order valence-corrected chi connectivity index (χ0v) is 16.3. The van der Waals surface area contributed by atoms with Crippen molar-refractivity contribution in [3.8, 4) is 0 Å². The first-order chi connectivity index (χ1) is 13.7. The molecular weight excluding hydrogens is 379 g/mol. The number of amides is 1. The molecule has 4 rings (SSSR count). The van der Waals surface area contributed by atoms with Gasteiger partial charge in [0, 0.05) is 24.0 Å². The van der Waals surface area contributed by atoms with Crippen LogP contribution in [0, 0.1) is 5.82 Å². The predicted octanol–water partition coefficient (Wildman–Crippen LogP) is 3.06. The smallest absolute Gasteiger partial charge is 0.246 e. The largest absolute Gasteiger partial charge is 0.364 e. The number of ether oxygens (including phenoxy) is 1. The molecule has 1 saturated heterocycles. The quantitative estimate of drug-likeness (QED) is 0.637. The van der Waals surface area contributed by atoms with E-state index in [1.54, 1.807) is 17.4 Å². The van der Waals surface area contributed by atoms with Crippen molar-refractivity contribution in [1.82, 2.24) is 20.2 Å². The van der Waals surface area contributed by atoms with E-state index in [4.69, 9.17) is 4.74 Å². The van der Waals surface area contributed by atoms with E-state index >= 15 is 0 Å². The number of carbonyl (C=O) groups is 1. The number of imidazole rings is 1. The fourth-order valence-corrected chi connectivity index (χ4v) is 4.30. The number of rotatable bonds is 7. The third-order valence-electron chi connectivity index (χ3n) is 4.80. The van der Waals surface area contributed by atoms with Crippen LogP contribution in [-0.4, -0.2) is 46.5 Å². The summed E-state index contributed by atoms with van der Waals surface area (Å²) in [6, 6.07) is 8.74. The van der Waals surface area contributed by atoms with Gasteiger partial charge in [-0.2, -0.15) is 0 Å². The SMILES string of the molecule is O=C(COCc1nc2ccc(F)cc2[nH]1)NC1CCCN(Cc2cccs2)C1. The van der Waals surface area contributed by atoms with Crippen LogP contribution in [0.25, 0.3) is 11.0 Å². The molecule has 2 N–H and O–H groups in total. The van der Waals surface area contributed by atoms with Crippen molar-refractivity contribution in [2.75, 3.05) is 19.7 Å². The van der Waals surface area contributed by atoms with Gasteiger partial charge in [-0.05, 0) is 49.0 Å². The molecule has 148 valence electrons. The lowest BCUT2D eigenvalue weighted by Gasteiger charge is -2.32. The van der Waals surface area contributed by atoms with Gasteiger partial charge in [0.15, 0.2) is 0 Å². The van der Waals surface area contributed by atoms with E-state index in [0.717, 1.165) is 32.5 Å². The molecule has 28 heavy (non-hydrogen) atoms. The van der Waals surface area contributed by atoms with Crippen molar-refractivity contribution in [3.05, 3.63) is 52.2 Å². The maximum absolute atomic E-state index is 13.2. The summed E-state index contributed by atoms with van der Waals surface area (Å²) in [7, 11) is 0. The number of benzene rings is 1. The Balaban J connectivity index is 1.21. The second kappa shape index (κ2) is 8.81. The number of halogens is 1. The van der Waals surface area contributed by atoms with Gasteiger partial charge in [-0.3, -0.25) is 9.69 Å². The number of fused-ring (bicyclic) bond motifs is 1. The van der Waals surface area contributed by atoms with Crippen LogP contribution in [0.2, 0.25) is 0 Å². The molecule has 0 radical (unpaired) electrons. The molecule has 1 aliphatic heterocycles. The maximum atomic E-state index is 13.2. The van der Waals surface area contributed by atoms with Crippen molar-refractivity contribution in [2.24, 2.45) is 0 Å². The number of nitrogens with one attached hydrogen (secondary N) is 2. The number of piperidine rings is 1. The third kappa shape index (κ3) is 4.95. The van der Waals surface area contributed by atoms with Crippen LogP contribution in [0.4, 0.5) is 4.39 Å². The van der Waals surface area contributed by atoms with Crippen LogP contribution in [0.5, 0.6) is 0 Å². The molecule has 1 amide bonds. The van der Waals surface area contributed by atoms with E-state index in [1.165, 1.54) is 17.0 Å². The number of H-pyrrole nitrogens is 1. The van der Waals surface area contributed by atoms with Gasteiger partial charge in [-0.15, -0.1) is 11.3 Å². The number of aromatic nitrogens is 2. The highest BCUT2D eigenvalue weighted by Gasteiger charge is 2.21. The van der Waals surface area contributed by atoms with Gasteiger partial charge in [0.1, 0.15) is 24.9 Å². The average molecular weight is 402 g/mol. The number of aromatic amines is 1. The van der Waals surface area contributed by atoms with Crippen molar-refractivity contribution < 1.29 is 13.9 Å². The van der Waals surface area contributed by atoms with Crippen LogP contribution in [0.1, 0.15) is 23.5 Å². The number of nitrogens with zero attached hydrogens (tertiary/aromatic N) is 2. The van der Waals surface area contributed by atoms with E-state index in [1.807, 2.05) is 0 Å². The Morgan fingerprint density at radius 2 is 2.36 bits per heavy atom. The molecular formula is C20H23FN4O2S. The lowest BCUT2D eigenvalue weighted by Crippen LogP contribution is -2.48. The van der Waals surface area contributed by atoms with Crippen LogP contribution in [0.3, 0.4) is 0 Å². The highest BCUT2D eigenvalue weighted by molar-refractivity contribution is 7.09. The molecule has 2 aromatic heterocycles. The van der Waals surface area contributed by atoms with E-state index in [0.29, 0.717) is 16.9 Å². The molecule has 0 bridgehead atoms. The molecule has 1 atom stereocenters. The van der Waals surface area contributed by atoms with E-state index in [-0.39, 0.29) is 31.0 Å². The van der Waals surface area contributed by atoms with E-state index < -0.39 is 0 Å².